The van der Waals surface area contributed by atoms with E-state index in [1.54, 1.807) is 12.1 Å². The van der Waals surface area contributed by atoms with Crippen molar-refractivity contribution < 1.29 is 31.8 Å². The molecule has 0 radical (unpaired) electrons. The van der Waals surface area contributed by atoms with Crippen LogP contribution in [-0.4, -0.2) is 60.9 Å². The Bertz CT molecular complexity index is 1340. The number of H-pyrrole nitrogens is 1. The van der Waals surface area contributed by atoms with Gasteiger partial charge in [-0.1, -0.05) is 0 Å². The van der Waals surface area contributed by atoms with Crippen LogP contribution in [0.4, 0.5) is 20.3 Å². The molecule has 35 heavy (non-hydrogen) atoms. The lowest BCUT2D eigenvalue weighted by molar-refractivity contribution is -0.0964. The monoisotopic (exact) mass is 526 g/mol. The number of aromatic nitrogens is 2. The summed E-state index contributed by atoms with van der Waals surface area (Å²) in [6, 6.07) is 9.80. The van der Waals surface area contributed by atoms with E-state index in [1.165, 1.54) is 36.5 Å². The normalized spacial score (nSPS) is 14.5. The molecule has 4 rings (SSSR count). The molecule has 2 aromatic heterocycles. The maximum absolute atomic E-state index is 12.9. The predicted octanol–water partition coefficient (Wildman–Crippen LogP) is 3.33. The second-order valence-corrected chi connectivity index (χ2v) is 10.5. The molecule has 1 saturated heterocycles. The van der Waals surface area contributed by atoms with Gasteiger partial charge in [-0.25, -0.2) is 13.4 Å². The maximum Gasteiger partial charge on any atom is 0.487 e. The number of benzene rings is 1. The molecule has 9 nitrogen and oxygen atoms in total. The van der Waals surface area contributed by atoms with Crippen LogP contribution in [0, 0.1) is 5.92 Å². The number of aromatic amines is 1. The standard InChI is InChI=1S/C22H21ClF2N4O5S/c1-35(32,33)19-7-6-18(28-19)17-8-14(9-26-20(17)29-10-13(11-29)12-30)21(31)27-15-2-4-16(5-3-15)34-22(23,24)25/h2-9,13,28,30H,10-12H2,1H3,(H,27,31). The lowest BCUT2D eigenvalue weighted by Gasteiger charge is -2.40. The van der Waals surface area contributed by atoms with E-state index in [-0.39, 0.29) is 28.9 Å². The van der Waals surface area contributed by atoms with Crippen LogP contribution in [0.15, 0.2) is 53.7 Å². The van der Waals surface area contributed by atoms with Gasteiger partial charge in [0.15, 0.2) is 9.84 Å². The molecule has 3 N–H and O–H groups in total. The lowest BCUT2D eigenvalue weighted by Crippen LogP contribution is -2.49. The molecule has 3 aromatic rings. The summed E-state index contributed by atoms with van der Waals surface area (Å²) in [6.07, 6.45) is 2.46. The summed E-state index contributed by atoms with van der Waals surface area (Å²) in [7, 11) is -3.48. The summed E-state index contributed by atoms with van der Waals surface area (Å²) >= 11 is 4.75. The molecule has 186 valence electrons. The summed E-state index contributed by atoms with van der Waals surface area (Å²) in [5.41, 5.74) is -2.38. The molecule has 0 spiro atoms. The van der Waals surface area contributed by atoms with Crippen LogP contribution in [0.3, 0.4) is 0 Å². The Labute approximate surface area is 204 Å². The van der Waals surface area contributed by atoms with E-state index in [2.05, 4.69) is 20.0 Å². The summed E-state index contributed by atoms with van der Waals surface area (Å²) in [5.74, 6) is -0.0564. The third-order valence-corrected chi connectivity index (χ3v) is 6.45. The van der Waals surface area contributed by atoms with E-state index in [0.29, 0.717) is 35.9 Å². The van der Waals surface area contributed by atoms with Gasteiger partial charge in [-0.15, -0.1) is 8.78 Å². The van der Waals surface area contributed by atoms with E-state index < -0.39 is 21.3 Å². The van der Waals surface area contributed by atoms with Crippen LogP contribution in [0.5, 0.6) is 5.75 Å². The number of sulfone groups is 1. The zero-order valence-corrected chi connectivity index (χ0v) is 19.9. The highest BCUT2D eigenvalue weighted by molar-refractivity contribution is 7.90. The van der Waals surface area contributed by atoms with Crippen molar-refractivity contribution in [2.24, 2.45) is 5.92 Å². The number of carbonyl (C=O) groups is 1. The van der Waals surface area contributed by atoms with Gasteiger partial charge >= 0.3 is 5.57 Å². The fourth-order valence-corrected chi connectivity index (χ4v) is 4.28. The van der Waals surface area contributed by atoms with Crippen molar-refractivity contribution in [3.8, 4) is 17.0 Å². The first-order chi connectivity index (χ1) is 16.4. The number of nitrogens with one attached hydrogen (secondary N) is 2. The maximum atomic E-state index is 12.9. The number of rotatable bonds is 8. The highest BCUT2D eigenvalue weighted by atomic mass is 35.5. The largest absolute Gasteiger partial charge is 0.487 e. The van der Waals surface area contributed by atoms with E-state index in [4.69, 9.17) is 11.6 Å². The minimum atomic E-state index is -3.85. The van der Waals surface area contributed by atoms with Crippen molar-refractivity contribution >= 4 is 38.9 Å². The highest BCUT2D eigenvalue weighted by Gasteiger charge is 2.30. The predicted molar refractivity (Wildman–Crippen MR) is 126 cm³/mol. The number of aliphatic hydroxyl groups is 1. The third-order valence-electron chi connectivity index (χ3n) is 5.34. The molecule has 1 aromatic carbocycles. The fourth-order valence-electron chi connectivity index (χ4n) is 3.58. The Morgan fingerprint density at radius 3 is 2.54 bits per heavy atom. The van der Waals surface area contributed by atoms with Gasteiger partial charge in [0.2, 0.25) is 0 Å². The number of amides is 1. The van der Waals surface area contributed by atoms with Gasteiger partial charge in [-0.2, -0.15) is 0 Å². The topological polar surface area (TPSA) is 125 Å². The first-order valence-corrected chi connectivity index (χ1v) is 12.6. The average Bonchev–Trinajstić information content (AvgIpc) is 3.24. The summed E-state index contributed by atoms with van der Waals surface area (Å²) in [6.45, 7) is 1.17. The number of carbonyl (C=O) groups excluding carboxylic acids is 1. The van der Waals surface area contributed by atoms with E-state index in [0.717, 1.165) is 6.26 Å². The number of anilines is 2. The van der Waals surface area contributed by atoms with Crippen molar-refractivity contribution in [3.05, 3.63) is 54.2 Å². The van der Waals surface area contributed by atoms with Gasteiger partial charge in [0.1, 0.15) is 16.6 Å². The number of aliphatic hydroxyl groups excluding tert-OH is 1. The lowest BCUT2D eigenvalue weighted by atomic mass is 9.99. The number of hydrogen-bond acceptors (Lipinski definition) is 7. The molecule has 0 atom stereocenters. The Balaban J connectivity index is 1.60. The molecule has 0 bridgehead atoms. The molecule has 1 aliphatic rings. The molecule has 13 heteroatoms. The van der Waals surface area contributed by atoms with Crippen LogP contribution in [0.25, 0.3) is 11.3 Å². The van der Waals surface area contributed by atoms with Gasteiger partial charge in [0.25, 0.3) is 5.91 Å². The molecule has 0 aliphatic carbocycles. The number of nitrogens with zero attached hydrogens (tertiary/aromatic N) is 2. The molecular formula is C22H21ClF2N4O5S. The molecule has 1 amide bonds. The summed E-state index contributed by atoms with van der Waals surface area (Å²) in [4.78, 5) is 22.1. The van der Waals surface area contributed by atoms with Crippen molar-refractivity contribution in [3.63, 3.8) is 0 Å². The number of halogens is 3. The van der Waals surface area contributed by atoms with Crippen molar-refractivity contribution in [1.82, 2.24) is 9.97 Å². The van der Waals surface area contributed by atoms with E-state index >= 15 is 0 Å². The molecule has 1 fully saturated rings. The smallest absolute Gasteiger partial charge is 0.420 e. The molecule has 1 aliphatic heterocycles. The van der Waals surface area contributed by atoms with Crippen LogP contribution in [0.2, 0.25) is 0 Å². The fraction of sp³-hybridized carbons (Fsp3) is 0.273. The van der Waals surface area contributed by atoms with Crippen LogP contribution < -0.4 is 15.0 Å². The molecule has 3 heterocycles. The highest BCUT2D eigenvalue weighted by Crippen LogP contribution is 2.34. The van der Waals surface area contributed by atoms with Crippen LogP contribution in [-0.2, 0) is 9.84 Å². The Hall–Kier alpha value is -3.22. The zero-order valence-electron chi connectivity index (χ0n) is 18.3. The van der Waals surface area contributed by atoms with Gasteiger partial charge in [-0.3, -0.25) is 4.79 Å². The average molecular weight is 527 g/mol. The van der Waals surface area contributed by atoms with Crippen molar-refractivity contribution in [2.75, 3.05) is 36.2 Å². The van der Waals surface area contributed by atoms with E-state index in [9.17, 15) is 27.1 Å². The van der Waals surface area contributed by atoms with Gasteiger partial charge in [-0.05, 0) is 42.5 Å². The number of pyridine rings is 1. The first kappa shape index (κ1) is 24.9. The zero-order chi connectivity index (χ0) is 25.4. The second-order valence-electron chi connectivity index (χ2n) is 8.08. The van der Waals surface area contributed by atoms with Gasteiger partial charge < -0.3 is 25.0 Å². The minimum absolute atomic E-state index is 0.0231. The van der Waals surface area contributed by atoms with Crippen LogP contribution in [0.1, 0.15) is 10.4 Å². The van der Waals surface area contributed by atoms with Gasteiger partial charge in [0.05, 0.1) is 11.3 Å². The van der Waals surface area contributed by atoms with Gasteiger partial charge in [0, 0.05) is 60.9 Å². The minimum Gasteiger partial charge on any atom is -0.420 e. The third kappa shape index (κ3) is 5.89. The summed E-state index contributed by atoms with van der Waals surface area (Å²) in [5, 5.41) is 12.0. The Morgan fingerprint density at radius 2 is 1.97 bits per heavy atom. The van der Waals surface area contributed by atoms with Crippen molar-refractivity contribution in [2.45, 2.75) is 10.6 Å². The second kappa shape index (κ2) is 9.44. The summed E-state index contributed by atoms with van der Waals surface area (Å²) < 4.78 is 53.6. The Morgan fingerprint density at radius 1 is 1.29 bits per heavy atom. The first-order valence-electron chi connectivity index (χ1n) is 10.4. The number of hydrogen-bond donors (Lipinski definition) is 3. The SMILES string of the molecule is CS(=O)(=O)c1ccc(-c2cc(C(=O)Nc3ccc(OC(F)(F)Cl)cc3)cnc2N2CC(CO)C2)[nH]1. The van der Waals surface area contributed by atoms with E-state index in [1.807, 2.05) is 4.90 Å². The van der Waals surface area contributed by atoms with Crippen molar-refractivity contribution in [1.29, 1.82) is 0 Å². The number of alkyl halides is 3. The molecule has 0 saturated carbocycles. The number of ether oxygens (including phenoxy) is 1. The molecule has 0 unspecified atom stereocenters. The quantitative estimate of drug-likeness (QED) is 0.384. The molecular weight excluding hydrogens is 506 g/mol. The van der Waals surface area contributed by atoms with Crippen LogP contribution >= 0.6 is 11.6 Å². The Kier molecular flexibility index (Phi) is 6.71.